The number of carbonyl (C=O) groups excluding carboxylic acids is 2. The van der Waals surface area contributed by atoms with E-state index in [0.717, 1.165) is 52.0 Å². The second-order valence-electron chi connectivity index (χ2n) is 9.65. The van der Waals surface area contributed by atoms with Gasteiger partial charge in [0.05, 0.1) is 11.6 Å². The van der Waals surface area contributed by atoms with Crippen molar-refractivity contribution >= 4 is 11.8 Å². The minimum absolute atomic E-state index is 0.00221. The zero-order valence-electron chi connectivity index (χ0n) is 18.2. The van der Waals surface area contributed by atoms with E-state index in [2.05, 4.69) is 30.8 Å². The fourth-order valence-corrected chi connectivity index (χ4v) is 6.06. The molecule has 4 heterocycles. The van der Waals surface area contributed by atoms with Crippen LogP contribution < -0.4 is 0 Å². The second kappa shape index (κ2) is 7.42. The lowest BCUT2D eigenvalue weighted by atomic mass is 9.60. The Morgan fingerprint density at radius 2 is 1.93 bits per heavy atom. The summed E-state index contributed by atoms with van der Waals surface area (Å²) in [5.41, 5.74) is 0.251. The number of likely N-dealkylation sites (tertiary alicyclic amines) is 3. The van der Waals surface area contributed by atoms with Crippen molar-refractivity contribution in [1.29, 1.82) is 0 Å². The Hall–Kier alpha value is -1.89. The summed E-state index contributed by atoms with van der Waals surface area (Å²) in [6.45, 7) is 14.3. The quantitative estimate of drug-likeness (QED) is 0.774. The Balaban J connectivity index is 1.56. The maximum absolute atomic E-state index is 13.5. The van der Waals surface area contributed by atoms with Crippen LogP contribution in [-0.2, 0) is 4.79 Å². The summed E-state index contributed by atoms with van der Waals surface area (Å²) in [4.78, 5) is 32.9. The maximum Gasteiger partial charge on any atom is 0.259 e. The number of hydrogen-bond donors (Lipinski definition) is 0. The summed E-state index contributed by atoms with van der Waals surface area (Å²) in [6, 6.07) is 0. The average molecular weight is 403 g/mol. The molecule has 29 heavy (non-hydrogen) atoms. The Labute approximate surface area is 173 Å². The van der Waals surface area contributed by atoms with Gasteiger partial charge in [0, 0.05) is 51.2 Å². The first kappa shape index (κ1) is 20.4. The molecule has 7 nitrogen and oxygen atoms in total. The van der Waals surface area contributed by atoms with Crippen LogP contribution in [0.15, 0.2) is 10.7 Å². The van der Waals surface area contributed by atoms with E-state index >= 15 is 0 Å². The zero-order valence-corrected chi connectivity index (χ0v) is 18.2. The molecular weight excluding hydrogens is 368 g/mol. The first-order chi connectivity index (χ1) is 13.8. The number of aromatic nitrogens is 1. The molecule has 3 saturated heterocycles. The largest absolute Gasteiger partial charge is 0.361 e. The molecule has 0 aliphatic carbocycles. The van der Waals surface area contributed by atoms with Gasteiger partial charge in [-0.1, -0.05) is 19.0 Å². The molecular formula is C22H34N4O3. The first-order valence-corrected chi connectivity index (χ1v) is 11.0. The lowest BCUT2D eigenvalue weighted by molar-refractivity contribution is -0.141. The van der Waals surface area contributed by atoms with Crippen LogP contribution in [0.5, 0.6) is 0 Å². The molecule has 2 amide bonds. The molecule has 0 radical (unpaired) electrons. The van der Waals surface area contributed by atoms with E-state index in [1.807, 2.05) is 9.80 Å². The van der Waals surface area contributed by atoms with Crippen molar-refractivity contribution in [2.75, 3.05) is 45.8 Å². The number of hydrogen-bond acceptors (Lipinski definition) is 5. The number of amides is 2. The van der Waals surface area contributed by atoms with Gasteiger partial charge >= 0.3 is 0 Å². The topological polar surface area (TPSA) is 69.9 Å². The summed E-state index contributed by atoms with van der Waals surface area (Å²) in [5.74, 6) is 1.50. The fraction of sp³-hybridized carbons (Fsp3) is 0.773. The summed E-state index contributed by atoms with van der Waals surface area (Å²) in [7, 11) is 0. The van der Waals surface area contributed by atoms with E-state index in [1.54, 1.807) is 6.92 Å². The van der Waals surface area contributed by atoms with Crippen LogP contribution in [0, 0.1) is 23.7 Å². The molecule has 3 aliphatic rings. The second-order valence-corrected chi connectivity index (χ2v) is 9.65. The minimum atomic E-state index is -0.278. The van der Waals surface area contributed by atoms with Gasteiger partial charge < -0.3 is 19.2 Å². The highest BCUT2D eigenvalue weighted by Gasteiger charge is 2.64. The maximum atomic E-state index is 13.5. The Morgan fingerprint density at radius 1 is 1.21 bits per heavy atom. The number of fused-ring (bicyclic) bond motifs is 1. The molecule has 0 N–H and O–H groups in total. The van der Waals surface area contributed by atoms with Gasteiger partial charge in [0.25, 0.3) is 5.91 Å². The van der Waals surface area contributed by atoms with Gasteiger partial charge in [0.15, 0.2) is 0 Å². The van der Waals surface area contributed by atoms with E-state index in [0.29, 0.717) is 36.2 Å². The van der Waals surface area contributed by atoms with E-state index in [4.69, 9.17) is 4.52 Å². The summed E-state index contributed by atoms with van der Waals surface area (Å²) < 4.78 is 5.08. The van der Waals surface area contributed by atoms with Crippen LogP contribution in [0.3, 0.4) is 0 Å². The van der Waals surface area contributed by atoms with Crippen molar-refractivity contribution < 1.29 is 14.1 Å². The molecule has 1 aromatic heterocycles. The molecule has 1 aromatic rings. The lowest BCUT2D eigenvalue weighted by Crippen LogP contribution is -2.53. The molecule has 7 heteroatoms. The summed E-state index contributed by atoms with van der Waals surface area (Å²) in [5, 5.41) is 3.75. The van der Waals surface area contributed by atoms with E-state index in [1.165, 1.54) is 6.20 Å². The van der Waals surface area contributed by atoms with Crippen molar-refractivity contribution in [2.24, 2.45) is 16.7 Å². The third-order valence-electron chi connectivity index (χ3n) is 7.53. The highest BCUT2D eigenvalue weighted by Crippen LogP contribution is 2.58. The molecule has 160 valence electrons. The standard InChI is InChI=1S/C22H34N4O3/c1-5-25-11-8-22(20(25)28)15-24(13-16(2)3)14-21(22)6-9-26(10-7-21)19(27)18-12-23-29-17(18)4/h12,16H,5-11,13-15H2,1-4H3. The first-order valence-electron chi connectivity index (χ1n) is 11.0. The third-order valence-corrected chi connectivity index (χ3v) is 7.53. The van der Waals surface area contributed by atoms with Gasteiger partial charge in [-0.2, -0.15) is 0 Å². The highest BCUT2D eigenvalue weighted by molar-refractivity contribution is 5.95. The average Bonchev–Trinajstić information content (AvgIpc) is 3.33. The molecule has 1 atom stereocenters. The normalized spacial score (nSPS) is 27.1. The number of rotatable bonds is 4. The minimum Gasteiger partial charge on any atom is -0.361 e. The molecule has 2 spiro atoms. The van der Waals surface area contributed by atoms with Gasteiger partial charge in [-0.3, -0.25) is 9.59 Å². The van der Waals surface area contributed by atoms with Gasteiger partial charge in [-0.05, 0) is 39.0 Å². The number of piperidine rings is 1. The Morgan fingerprint density at radius 3 is 2.48 bits per heavy atom. The molecule has 4 rings (SSSR count). The molecule has 0 saturated carbocycles. The van der Waals surface area contributed by atoms with Crippen molar-refractivity contribution in [3.63, 3.8) is 0 Å². The Bertz CT molecular complexity index is 781. The van der Waals surface area contributed by atoms with Crippen LogP contribution >= 0.6 is 0 Å². The van der Waals surface area contributed by atoms with E-state index in [-0.39, 0.29) is 16.7 Å². The molecule has 3 aliphatic heterocycles. The lowest BCUT2D eigenvalue weighted by Gasteiger charge is -2.47. The van der Waals surface area contributed by atoms with Crippen LogP contribution in [0.4, 0.5) is 0 Å². The SMILES string of the molecule is CCN1CCC2(CN(CC(C)C)CC23CCN(C(=O)c2cnoc2C)CC3)C1=O. The predicted octanol–water partition coefficient (Wildman–Crippen LogP) is 2.42. The molecule has 3 fully saturated rings. The van der Waals surface area contributed by atoms with Gasteiger partial charge in [-0.25, -0.2) is 0 Å². The fourth-order valence-electron chi connectivity index (χ4n) is 6.06. The van der Waals surface area contributed by atoms with Crippen molar-refractivity contribution in [1.82, 2.24) is 19.9 Å². The summed E-state index contributed by atoms with van der Waals surface area (Å²) in [6.07, 6.45) is 4.25. The van der Waals surface area contributed by atoms with Crippen LogP contribution in [0.25, 0.3) is 0 Å². The van der Waals surface area contributed by atoms with E-state index in [9.17, 15) is 9.59 Å². The van der Waals surface area contributed by atoms with Crippen LogP contribution in [0.2, 0.25) is 0 Å². The number of carbonyl (C=O) groups is 2. The monoisotopic (exact) mass is 402 g/mol. The summed E-state index contributed by atoms with van der Waals surface area (Å²) >= 11 is 0. The van der Waals surface area contributed by atoms with Crippen molar-refractivity contribution in [2.45, 2.75) is 47.0 Å². The van der Waals surface area contributed by atoms with Gasteiger partial charge in [0.2, 0.25) is 5.91 Å². The smallest absolute Gasteiger partial charge is 0.259 e. The zero-order chi connectivity index (χ0) is 20.8. The molecule has 0 aromatic carbocycles. The van der Waals surface area contributed by atoms with Gasteiger partial charge in [0.1, 0.15) is 11.3 Å². The van der Waals surface area contributed by atoms with Crippen LogP contribution in [0.1, 0.15) is 56.2 Å². The van der Waals surface area contributed by atoms with Crippen molar-refractivity contribution in [3.8, 4) is 0 Å². The molecule has 1 unspecified atom stereocenters. The predicted molar refractivity (Wildman–Crippen MR) is 109 cm³/mol. The third kappa shape index (κ3) is 3.18. The number of aryl methyl sites for hydroxylation is 1. The molecule has 0 bridgehead atoms. The van der Waals surface area contributed by atoms with Crippen LogP contribution in [-0.4, -0.2) is 77.5 Å². The highest BCUT2D eigenvalue weighted by atomic mass is 16.5. The van der Waals surface area contributed by atoms with Gasteiger partial charge in [-0.15, -0.1) is 0 Å². The van der Waals surface area contributed by atoms with Crippen molar-refractivity contribution in [3.05, 3.63) is 17.5 Å². The Kier molecular flexibility index (Phi) is 5.21. The number of nitrogens with zero attached hydrogens (tertiary/aromatic N) is 4. The van der Waals surface area contributed by atoms with E-state index < -0.39 is 0 Å².